The largest absolute Gasteiger partial charge is 0.333 e. The maximum absolute atomic E-state index is 13.3. The number of aromatic amines is 1. The lowest BCUT2D eigenvalue weighted by Gasteiger charge is -2.16. The highest BCUT2D eigenvalue weighted by molar-refractivity contribution is 9.10. The van der Waals surface area contributed by atoms with Crippen molar-refractivity contribution < 1.29 is 4.39 Å². The first kappa shape index (κ1) is 14.0. The van der Waals surface area contributed by atoms with Gasteiger partial charge in [-0.05, 0) is 36.8 Å². The maximum atomic E-state index is 13.3. The van der Waals surface area contributed by atoms with Crippen molar-refractivity contribution in [2.75, 3.05) is 0 Å². The molecule has 6 heteroatoms. The van der Waals surface area contributed by atoms with E-state index in [4.69, 9.17) is 0 Å². The summed E-state index contributed by atoms with van der Waals surface area (Å²) in [5, 5.41) is 0. The van der Waals surface area contributed by atoms with Gasteiger partial charge in [0.15, 0.2) is 0 Å². The molecule has 1 heterocycles. The average Bonchev–Trinajstić information content (AvgIpc) is 2.43. The first-order chi connectivity index (χ1) is 9.99. The number of benzene rings is 1. The molecule has 1 aromatic carbocycles. The van der Waals surface area contributed by atoms with E-state index < -0.39 is 17.4 Å². The van der Waals surface area contributed by atoms with E-state index in [-0.39, 0.29) is 6.42 Å². The second kappa shape index (κ2) is 5.11. The Hall–Kier alpha value is -1.95. The van der Waals surface area contributed by atoms with Crippen molar-refractivity contribution in [2.24, 2.45) is 0 Å². The molecule has 0 saturated carbocycles. The van der Waals surface area contributed by atoms with Gasteiger partial charge in [0.2, 0.25) is 0 Å². The molecule has 1 aromatic heterocycles. The van der Waals surface area contributed by atoms with Gasteiger partial charge in [-0.15, -0.1) is 0 Å². The van der Waals surface area contributed by atoms with Crippen LogP contribution in [0.1, 0.15) is 16.8 Å². The van der Waals surface area contributed by atoms with Crippen LogP contribution in [-0.2, 0) is 6.42 Å². The lowest BCUT2D eigenvalue weighted by Crippen LogP contribution is -2.38. The van der Waals surface area contributed by atoms with E-state index in [1.54, 1.807) is 12.1 Å². The quantitative estimate of drug-likeness (QED) is 0.858. The fraction of sp³-hybridized carbons (Fsp3) is 0.200. The molecule has 0 aliphatic heterocycles. The van der Waals surface area contributed by atoms with Gasteiger partial charge < -0.3 is 4.98 Å². The number of allylic oxidation sites excluding steroid dienone is 1. The predicted molar refractivity (Wildman–Crippen MR) is 82.7 cm³/mol. The van der Waals surface area contributed by atoms with Crippen LogP contribution >= 0.6 is 15.9 Å². The molecule has 1 N–H and O–H groups in total. The molecule has 1 aliphatic carbocycles. The zero-order chi connectivity index (χ0) is 15.1. The Labute approximate surface area is 128 Å². The molecule has 0 radical (unpaired) electrons. The number of hydrogen-bond donors (Lipinski definition) is 1. The Kier molecular flexibility index (Phi) is 3.41. The first-order valence-corrected chi connectivity index (χ1v) is 7.24. The van der Waals surface area contributed by atoms with E-state index in [0.717, 1.165) is 14.6 Å². The van der Waals surface area contributed by atoms with Gasteiger partial charge in [0, 0.05) is 16.6 Å². The van der Waals surface area contributed by atoms with E-state index in [1.165, 1.54) is 12.2 Å². The molecule has 4 nitrogen and oxygen atoms in total. The van der Waals surface area contributed by atoms with E-state index in [9.17, 15) is 14.0 Å². The van der Waals surface area contributed by atoms with Crippen molar-refractivity contribution in [2.45, 2.75) is 19.5 Å². The number of rotatable bonds is 1. The number of nitrogens with one attached hydrogen (secondary N) is 1. The minimum absolute atomic E-state index is 0.0224. The third-order valence-electron chi connectivity index (χ3n) is 3.57. The maximum Gasteiger partial charge on any atom is 0.333 e. The zero-order valence-corrected chi connectivity index (χ0v) is 12.8. The highest BCUT2D eigenvalue weighted by Crippen LogP contribution is 2.21. The van der Waals surface area contributed by atoms with Crippen molar-refractivity contribution in [1.82, 2.24) is 9.55 Å². The Morgan fingerprint density at radius 1 is 1.38 bits per heavy atom. The molecule has 0 saturated heterocycles. The van der Waals surface area contributed by atoms with Crippen LogP contribution in [0.15, 0.2) is 38.3 Å². The molecule has 0 spiro atoms. The SMILES string of the molecule is Cc1c(Br)cccc1-n1c(=O)[nH]c2c(c1=O)C=CC(F)C2. The van der Waals surface area contributed by atoms with Gasteiger partial charge in [0.05, 0.1) is 11.3 Å². The van der Waals surface area contributed by atoms with Crippen molar-refractivity contribution in [3.05, 3.63) is 66.4 Å². The second-order valence-corrected chi connectivity index (χ2v) is 5.78. The highest BCUT2D eigenvalue weighted by atomic mass is 79.9. The van der Waals surface area contributed by atoms with Crippen molar-refractivity contribution in [1.29, 1.82) is 0 Å². The van der Waals surface area contributed by atoms with Gasteiger partial charge in [0.25, 0.3) is 5.56 Å². The molecule has 1 aliphatic rings. The first-order valence-electron chi connectivity index (χ1n) is 6.45. The van der Waals surface area contributed by atoms with Crippen molar-refractivity contribution >= 4 is 22.0 Å². The summed E-state index contributed by atoms with van der Waals surface area (Å²) < 4.78 is 15.2. The van der Waals surface area contributed by atoms with Crippen LogP contribution in [0.4, 0.5) is 4.39 Å². The summed E-state index contributed by atoms with van der Waals surface area (Å²) in [6.07, 6.45) is 1.62. The van der Waals surface area contributed by atoms with Crippen LogP contribution in [0, 0.1) is 6.92 Å². The van der Waals surface area contributed by atoms with Gasteiger partial charge in [0.1, 0.15) is 6.17 Å². The second-order valence-electron chi connectivity index (χ2n) is 4.93. The lowest BCUT2D eigenvalue weighted by molar-refractivity contribution is 0.393. The fourth-order valence-electron chi connectivity index (χ4n) is 2.45. The van der Waals surface area contributed by atoms with Crippen LogP contribution in [0.2, 0.25) is 0 Å². The molecule has 1 atom stereocenters. The number of aromatic nitrogens is 2. The van der Waals surface area contributed by atoms with Crippen LogP contribution in [0.25, 0.3) is 11.8 Å². The number of fused-ring (bicyclic) bond motifs is 1. The summed E-state index contributed by atoms with van der Waals surface area (Å²) in [7, 11) is 0. The summed E-state index contributed by atoms with van der Waals surface area (Å²) in [5.74, 6) is 0. The molecule has 3 rings (SSSR count). The molecule has 21 heavy (non-hydrogen) atoms. The Balaban J connectivity index is 2.32. The topological polar surface area (TPSA) is 54.9 Å². The Morgan fingerprint density at radius 3 is 2.90 bits per heavy atom. The van der Waals surface area contributed by atoms with Crippen molar-refractivity contribution in [3.63, 3.8) is 0 Å². The van der Waals surface area contributed by atoms with E-state index >= 15 is 0 Å². The Morgan fingerprint density at radius 2 is 2.14 bits per heavy atom. The van der Waals surface area contributed by atoms with Gasteiger partial charge >= 0.3 is 5.69 Å². The molecule has 0 amide bonds. The van der Waals surface area contributed by atoms with Gasteiger partial charge in [-0.25, -0.2) is 13.8 Å². The van der Waals surface area contributed by atoms with Crippen LogP contribution in [0.5, 0.6) is 0 Å². The molecule has 1 unspecified atom stereocenters. The zero-order valence-electron chi connectivity index (χ0n) is 11.2. The standard InChI is InChI=1S/C15H12BrFN2O2/c1-8-11(16)3-2-4-13(8)19-14(20)10-6-5-9(17)7-12(10)18-15(19)21/h2-6,9H,7H2,1H3,(H,18,21). The molecular formula is C15H12BrFN2O2. The van der Waals surface area contributed by atoms with E-state index in [1.807, 2.05) is 13.0 Å². The Bertz CT molecular complexity index is 867. The molecule has 2 aromatic rings. The van der Waals surface area contributed by atoms with Crippen LogP contribution in [0.3, 0.4) is 0 Å². The number of alkyl halides is 1. The normalized spacial score (nSPS) is 16.8. The van der Waals surface area contributed by atoms with Gasteiger partial charge in [-0.2, -0.15) is 0 Å². The lowest BCUT2D eigenvalue weighted by atomic mass is 10.0. The minimum Gasteiger partial charge on any atom is -0.310 e. The summed E-state index contributed by atoms with van der Waals surface area (Å²) >= 11 is 3.38. The van der Waals surface area contributed by atoms with Crippen LogP contribution in [-0.4, -0.2) is 15.7 Å². The third kappa shape index (κ3) is 2.29. The van der Waals surface area contributed by atoms with Gasteiger partial charge in [-0.1, -0.05) is 22.0 Å². The summed E-state index contributed by atoms with van der Waals surface area (Å²) in [6.45, 7) is 1.82. The molecular weight excluding hydrogens is 339 g/mol. The van der Waals surface area contributed by atoms with Crippen LogP contribution < -0.4 is 11.2 Å². The summed E-state index contributed by atoms with van der Waals surface area (Å²) in [6, 6.07) is 5.29. The summed E-state index contributed by atoms with van der Waals surface area (Å²) in [4.78, 5) is 27.4. The number of hydrogen-bond acceptors (Lipinski definition) is 2. The summed E-state index contributed by atoms with van der Waals surface area (Å²) in [5.41, 5.74) is 0.995. The monoisotopic (exact) mass is 350 g/mol. The number of halogens is 2. The average molecular weight is 351 g/mol. The van der Waals surface area contributed by atoms with Crippen molar-refractivity contribution in [3.8, 4) is 5.69 Å². The molecule has 108 valence electrons. The highest BCUT2D eigenvalue weighted by Gasteiger charge is 2.20. The number of nitrogens with zero attached hydrogens (tertiary/aromatic N) is 1. The molecule has 0 bridgehead atoms. The molecule has 0 fully saturated rings. The number of H-pyrrole nitrogens is 1. The fourth-order valence-corrected chi connectivity index (χ4v) is 2.80. The smallest absolute Gasteiger partial charge is 0.310 e. The predicted octanol–water partition coefficient (Wildman–Crippen LogP) is 2.50. The van der Waals surface area contributed by atoms with Gasteiger partial charge in [-0.3, -0.25) is 4.79 Å². The van der Waals surface area contributed by atoms with E-state index in [2.05, 4.69) is 20.9 Å². The third-order valence-corrected chi connectivity index (χ3v) is 4.43. The minimum atomic E-state index is -1.17. The van der Waals surface area contributed by atoms with E-state index in [0.29, 0.717) is 16.9 Å².